The predicted molar refractivity (Wildman–Crippen MR) is 103 cm³/mol. The summed E-state index contributed by atoms with van der Waals surface area (Å²) in [6.45, 7) is 4.36. The molecule has 5 nitrogen and oxygen atoms in total. The molecule has 0 aliphatic carbocycles. The third-order valence-electron chi connectivity index (χ3n) is 3.98. The van der Waals surface area contributed by atoms with Crippen LogP contribution in [0.3, 0.4) is 0 Å². The fraction of sp³-hybridized carbons (Fsp3) is 0.238. The van der Waals surface area contributed by atoms with Crippen LogP contribution in [0.1, 0.15) is 29.4 Å². The lowest BCUT2D eigenvalue weighted by Crippen LogP contribution is -3.00. The molecule has 1 N–H and O–H groups in total. The summed E-state index contributed by atoms with van der Waals surface area (Å²) in [6, 6.07) is 15.0. The van der Waals surface area contributed by atoms with Crippen molar-refractivity contribution in [1.82, 2.24) is 4.98 Å². The first-order chi connectivity index (χ1) is 12.6. The number of aromatic nitrogens is 1. The Kier molecular flexibility index (Phi) is 7.02. The van der Waals surface area contributed by atoms with E-state index in [1.807, 2.05) is 50.2 Å². The summed E-state index contributed by atoms with van der Waals surface area (Å²) >= 11 is 0. The number of nitrogens with one attached hydrogen (secondary N) is 1. The van der Waals surface area contributed by atoms with Crippen molar-refractivity contribution in [3.63, 3.8) is 0 Å². The molecule has 0 unspecified atom stereocenters. The van der Waals surface area contributed by atoms with Gasteiger partial charge < -0.3 is 27.2 Å². The monoisotopic (exact) mass is 385 g/mol. The van der Waals surface area contributed by atoms with E-state index in [1.54, 1.807) is 19.2 Å². The van der Waals surface area contributed by atoms with E-state index < -0.39 is 0 Å². The van der Waals surface area contributed by atoms with Gasteiger partial charge in [0, 0.05) is 22.5 Å². The van der Waals surface area contributed by atoms with Crippen LogP contribution in [0.4, 0.5) is 11.4 Å². The average Bonchev–Trinajstić information content (AvgIpc) is 2.66. The van der Waals surface area contributed by atoms with Crippen LogP contribution in [0.5, 0.6) is 5.75 Å². The number of fused-ring (bicyclic) bond motifs is 1. The summed E-state index contributed by atoms with van der Waals surface area (Å²) in [4.78, 5) is 16.5. The van der Waals surface area contributed by atoms with Gasteiger partial charge in [-0.25, -0.2) is 4.79 Å². The van der Waals surface area contributed by atoms with Gasteiger partial charge in [-0.3, -0.25) is 4.98 Å². The summed E-state index contributed by atoms with van der Waals surface area (Å²) in [5.41, 5.74) is 4.18. The molecule has 6 heteroatoms. The second-order valence-electron chi connectivity index (χ2n) is 6.03. The van der Waals surface area contributed by atoms with Crippen LogP contribution in [-0.4, -0.2) is 24.7 Å². The molecule has 27 heavy (non-hydrogen) atoms. The summed E-state index contributed by atoms with van der Waals surface area (Å²) in [7, 11) is 1.65. The molecule has 0 atom stereocenters. The molecule has 1 heterocycles. The van der Waals surface area contributed by atoms with E-state index in [4.69, 9.17) is 9.47 Å². The van der Waals surface area contributed by atoms with Gasteiger partial charge >= 0.3 is 5.97 Å². The molecule has 0 radical (unpaired) electrons. The van der Waals surface area contributed by atoms with E-state index >= 15 is 0 Å². The molecule has 3 aromatic rings. The summed E-state index contributed by atoms with van der Waals surface area (Å²) < 4.78 is 10.5. The Hall–Kier alpha value is -2.79. The Balaban J connectivity index is 0.00000261. The number of esters is 1. The number of benzene rings is 2. The maximum Gasteiger partial charge on any atom is 0.338 e. The number of aryl methyl sites for hydroxylation is 1. The van der Waals surface area contributed by atoms with Crippen LogP contribution in [0.15, 0.2) is 48.5 Å². The molecule has 0 aliphatic rings. The summed E-state index contributed by atoms with van der Waals surface area (Å²) in [6.07, 6.45) is 0.809. The normalized spacial score (nSPS) is 10.2. The minimum atomic E-state index is -0.298. The minimum Gasteiger partial charge on any atom is -1.00 e. The molecular weight excluding hydrogens is 364 g/mol. The molecule has 0 bridgehead atoms. The second kappa shape index (κ2) is 9.24. The quantitative estimate of drug-likeness (QED) is 0.656. The lowest BCUT2D eigenvalue weighted by Gasteiger charge is -2.12. The van der Waals surface area contributed by atoms with E-state index in [1.165, 1.54) is 0 Å². The zero-order valence-corrected chi connectivity index (χ0v) is 16.3. The Labute approximate surface area is 165 Å². The maximum atomic E-state index is 11.9. The highest BCUT2D eigenvalue weighted by atomic mass is 35.5. The van der Waals surface area contributed by atoms with Crippen molar-refractivity contribution >= 4 is 28.2 Å². The fourth-order valence-corrected chi connectivity index (χ4v) is 2.69. The predicted octanol–water partition coefficient (Wildman–Crippen LogP) is 1.87. The molecule has 0 fully saturated rings. The van der Waals surface area contributed by atoms with Crippen LogP contribution in [0.2, 0.25) is 0 Å². The Morgan fingerprint density at radius 1 is 1.11 bits per heavy atom. The molecule has 0 amide bonds. The highest BCUT2D eigenvalue weighted by Gasteiger charge is 2.09. The minimum absolute atomic E-state index is 0. The molecule has 0 saturated heterocycles. The van der Waals surface area contributed by atoms with Crippen molar-refractivity contribution in [2.24, 2.45) is 0 Å². The molecule has 3 rings (SSSR count). The van der Waals surface area contributed by atoms with Gasteiger partial charge in [0.05, 0.1) is 24.8 Å². The molecule has 0 saturated carbocycles. The molecule has 2 aromatic carbocycles. The third-order valence-corrected chi connectivity index (χ3v) is 3.98. The third kappa shape index (κ3) is 4.89. The fourth-order valence-electron chi connectivity index (χ4n) is 2.69. The Bertz CT molecular complexity index is 927. The van der Waals surface area contributed by atoms with E-state index in [0.29, 0.717) is 12.2 Å². The zero-order valence-electron chi connectivity index (χ0n) is 15.6. The van der Waals surface area contributed by atoms with Crippen molar-refractivity contribution < 1.29 is 26.7 Å². The van der Waals surface area contributed by atoms with E-state index in [-0.39, 0.29) is 18.4 Å². The van der Waals surface area contributed by atoms with Crippen LogP contribution in [0, 0.1) is 6.92 Å². The van der Waals surface area contributed by atoms with Crippen molar-refractivity contribution in [3.8, 4) is 5.75 Å². The molecule has 142 valence electrons. The highest BCUT2D eigenvalue weighted by molar-refractivity contribution is 5.94. The van der Waals surface area contributed by atoms with Gasteiger partial charge in [-0.15, -0.1) is 0 Å². The van der Waals surface area contributed by atoms with Gasteiger partial charge in [-0.05, 0) is 61.9 Å². The van der Waals surface area contributed by atoms with E-state index in [0.717, 1.165) is 40.1 Å². The number of pyridine rings is 1. The number of anilines is 2. The smallest absolute Gasteiger partial charge is 0.338 e. The molecule has 0 spiro atoms. The van der Waals surface area contributed by atoms with Crippen molar-refractivity contribution in [2.45, 2.75) is 20.3 Å². The van der Waals surface area contributed by atoms with E-state index in [2.05, 4.69) is 10.3 Å². The zero-order chi connectivity index (χ0) is 18.5. The van der Waals surface area contributed by atoms with Gasteiger partial charge in [-0.1, -0.05) is 6.92 Å². The first-order valence-corrected chi connectivity index (χ1v) is 8.60. The number of methoxy groups -OCH3 is 1. The molecule has 1 aromatic heterocycles. The van der Waals surface area contributed by atoms with Gasteiger partial charge in [0.15, 0.2) is 0 Å². The first kappa shape index (κ1) is 20.5. The maximum absolute atomic E-state index is 11.9. The van der Waals surface area contributed by atoms with E-state index in [9.17, 15) is 4.79 Å². The van der Waals surface area contributed by atoms with Crippen molar-refractivity contribution in [2.75, 3.05) is 19.0 Å². The number of rotatable bonds is 6. The summed E-state index contributed by atoms with van der Waals surface area (Å²) in [5, 5.41) is 4.37. The lowest BCUT2D eigenvalue weighted by atomic mass is 10.1. The standard InChI is InChI=1S/C21H22N2O3.ClH/c1-4-11-26-21(24)15-5-7-16(8-6-15)23-20-12-14(2)22-19-10-9-17(25-3)13-18(19)20;/h5-10,12-13H,4,11H2,1-3H3,(H,22,23);1H/p-1. The average molecular weight is 386 g/mol. The Morgan fingerprint density at radius 2 is 1.85 bits per heavy atom. The van der Waals surface area contributed by atoms with Crippen LogP contribution in [-0.2, 0) is 4.74 Å². The van der Waals surface area contributed by atoms with Crippen LogP contribution >= 0.6 is 0 Å². The first-order valence-electron chi connectivity index (χ1n) is 8.60. The van der Waals surface area contributed by atoms with Crippen LogP contribution in [0.25, 0.3) is 10.9 Å². The Morgan fingerprint density at radius 3 is 2.52 bits per heavy atom. The van der Waals surface area contributed by atoms with Gasteiger partial charge in [-0.2, -0.15) is 0 Å². The summed E-state index contributed by atoms with van der Waals surface area (Å²) in [5.74, 6) is 0.480. The van der Waals surface area contributed by atoms with Gasteiger partial charge in [0.25, 0.3) is 0 Å². The number of hydrogen-bond acceptors (Lipinski definition) is 5. The highest BCUT2D eigenvalue weighted by Crippen LogP contribution is 2.29. The number of nitrogens with zero attached hydrogens (tertiary/aromatic N) is 1. The van der Waals surface area contributed by atoms with Crippen molar-refractivity contribution in [1.29, 1.82) is 0 Å². The number of hydrogen-bond donors (Lipinski definition) is 1. The molecule has 0 aliphatic heterocycles. The topological polar surface area (TPSA) is 60.5 Å². The lowest BCUT2D eigenvalue weighted by molar-refractivity contribution is -0.0000236. The number of ether oxygens (including phenoxy) is 2. The van der Waals surface area contributed by atoms with Crippen molar-refractivity contribution in [3.05, 3.63) is 59.8 Å². The van der Waals surface area contributed by atoms with Gasteiger partial charge in [0.2, 0.25) is 0 Å². The number of carbonyl (C=O) groups is 1. The SMILES string of the molecule is CCCOC(=O)c1ccc(Nc2cc(C)nc3ccc(OC)cc23)cc1.[Cl-]. The number of carbonyl (C=O) groups excluding carboxylic acids is 1. The molecular formula is C21H22ClN2O3-. The largest absolute Gasteiger partial charge is 1.00 e. The second-order valence-corrected chi connectivity index (χ2v) is 6.03. The van der Waals surface area contributed by atoms with Gasteiger partial charge in [0.1, 0.15) is 5.75 Å². The number of halogens is 1. The van der Waals surface area contributed by atoms with Crippen LogP contribution < -0.4 is 22.5 Å².